The summed E-state index contributed by atoms with van der Waals surface area (Å²) < 4.78 is 16.2. The molecule has 0 aliphatic rings. The van der Waals surface area contributed by atoms with E-state index in [1.54, 1.807) is 14.2 Å². The van der Waals surface area contributed by atoms with Crippen LogP contribution in [-0.2, 0) is 6.42 Å². The van der Waals surface area contributed by atoms with Gasteiger partial charge in [-0.2, -0.15) is 0 Å². The molecule has 0 spiro atoms. The molecule has 0 fully saturated rings. The molecule has 0 saturated heterocycles. The summed E-state index contributed by atoms with van der Waals surface area (Å²) in [5.41, 5.74) is 8.20. The van der Waals surface area contributed by atoms with Crippen LogP contribution >= 0.6 is 24.0 Å². The van der Waals surface area contributed by atoms with Crippen LogP contribution < -0.4 is 25.3 Å². The molecule has 2 rings (SSSR count). The number of methoxy groups -OCH3 is 2. The maximum atomic E-state index is 5.88. The maximum absolute atomic E-state index is 5.88. The minimum Gasteiger partial charge on any atom is -0.493 e. The normalized spacial score (nSPS) is 10.7. The minimum atomic E-state index is 0. The predicted octanol–water partition coefficient (Wildman–Crippen LogP) is 3.16. The van der Waals surface area contributed by atoms with Crippen LogP contribution in [0.25, 0.3) is 0 Å². The first-order valence-electron chi connectivity index (χ1n) is 8.56. The topological polar surface area (TPSA) is 78.1 Å². The molecule has 0 unspecified atom stereocenters. The molecule has 2 aromatic rings. The van der Waals surface area contributed by atoms with Crippen molar-refractivity contribution in [2.24, 2.45) is 10.7 Å². The second-order valence-electron chi connectivity index (χ2n) is 5.79. The second-order valence-corrected chi connectivity index (χ2v) is 5.79. The first kappa shape index (κ1) is 22.9. The first-order valence-corrected chi connectivity index (χ1v) is 8.56. The van der Waals surface area contributed by atoms with Gasteiger partial charge in [-0.25, -0.2) is 0 Å². The largest absolute Gasteiger partial charge is 0.493 e. The highest BCUT2D eigenvalue weighted by atomic mass is 127. The number of aliphatic imine (C=N–C) groups is 1. The van der Waals surface area contributed by atoms with E-state index in [0.717, 1.165) is 23.5 Å². The third-order valence-corrected chi connectivity index (χ3v) is 3.83. The van der Waals surface area contributed by atoms with E-state index in [9.17, 15) is 0 Å². The molecule has 0 bridgehead atoms. The van der Waals surface area contributed by atoms with E-state index in [4.69, 9.17) is 19.9 Å². The minimum absolute atomic E-state index is 0. The Morgan fingerprint density at radius 2 is 1.74 bits per heavy atom. The van der Waals surface area contributed by atoms with Crippen molar-refractivity contribution in [1.82, 2.24) is 5.32 Å². The van der Waals surface area contributed by atoms with Crippen molar-refractivity contribution in [1.29, 1.82) is 0 Å². The summed E-state index contributed by atoms with van der Waals surface area (Å²) in [7, 11) is 3.25. The summed E-state index contributed by atoms with van der Waals surface area (Å²) in [4.78, 5) is 4.33. The highest BCUT2D eigenvalue weighted by molar-refractivity contribution is 14.0. The molecule has 6 nitrogen and oxygen atoms in total. The first-order chi connectivity index (χ1) is 12.6. The number of aryl methyl sites for hydroxylation is 1. The van der Waals surface area contributed by atoms with Crippen LogP contribution in [0.4, 0.5) is 0 Å². The monoisotopic (exact) mass is 485 g/mol. The Morgan fingerprint density at radius 3 is 2.41 bits per heavy atom. The molecule has 2 aromatic carbocycles. The van der Waals surface area contributed by atoms with Gasteiger partial charge in [0, 0.05) is 6.54 Å². The van der Waals surface area contributed by atoms with Gasteiger partial charge in [0.1, 0.15) is 12.4 Å². The third kappa shape index (κ3) is 7.94. The van der Waals surface area contributed by atoms with Crippen LogP contribution in [0.15, 0.2) is 47.5 Å². The number of guanidine groups is 1. The van der Waals surface area contributed by atoms with Gasteiger partial charge in [-0.1, -0.05) is 23.8 Å². The fourth-order valence-corrected chi connectivity index (χ4v) is 2.38. The lowest BCUT2D eigenvalue weighted by Crippen LogP contribution is -2.34. The number of nitrogens with zero attached hydrogens (tertiary/aromatic N) is 1. The summed E-state index contributed by atoms with van der Waals surface area (Å²) in [5.74, 6) is 2.70. The van der Waals surface area contributed by atoms with E-state index >= 15 is 0 Å². The number of rotatable bonds is 9. The molecule has 0 heterocycles. The second kappa shape index (κ2) is 12.3. The van der Waals surface area contributed by atoms with Crippen molar-refractivity contribution in [2.45, 2.75) is 13.3 Å². The Hall–Kier alpha value is -2.16. The Kier molecular flexibility index (Phi) is 10.4. The summed E-state index contributed by atoms with van der Waals surface area (Å²) >= 11 is 0. The Morgan fingerprint density at radius 1 is 1.04 bits per heavy atom. The van der Waals surface area contributed by atoms with Gasteiger partial charge in [0.05, 0.1) is 20.8 Å². The lowest BCUT2D eigenvalue weighted by Gasteiger charge is -2.10. The summed E-state index contributed by atoms with van der Waals surface area (Å²) in [5, 5.41) is 3.05. The number of hydrogen-bond donors (Lipinski definition) is 2. The zero-order chi connectivity index (χ0) is 18.8. The third-order valence-electron chi connectivity index (χ3n) is 3.83. The molecule has 0 atom stereocenters. The maximum Gasteiger partial charge on any atom is 0.188 e. The number of ether oxygens (including phenoxy) is 3. The van der Waals surface area contributed by atoms with Gasteiger partial charge < -0.3 is 25.3 Å². The lowest BCUT2D eigenvalue weighted by atomic mass is 10.1. The van der Waals surface area contributed by atoms with Gasteiger partial charge in [-0.15, -0.1) is 24.0 Å². The van der Waals surface area contributed by atoms with Crippen molar-refractivity contribution >= 4 is 29.9 Å². The highest BCUT2D eigenvalue weighted by Crippen LogP contribution is 2.27. The van der Waals surface area contributed by atoms with E-state index in [2.05, 4.69) is 10.3 Å². The summed E-state index contributed by atoms with van der Waals surface area (Å²) in [6.45, 7) is 3.76. The molecular weight excluding hydrogens is 457 g/mol. The Balaban J connectivity index is 0.00000364. The molecule has 27 heavy (non-hydrogen) atoms. The molecule has 148 valence electrons. The van der Waals surface area contributed by atoms with Crippen molar-refractivity contribution < 1.29 is 14.2 Å². The Labute approximate surface area is 178 Å². The quantitative estimate of drug-likeness (QED) is 0.247. The zero-order valence-corrected chi connectivity index (χ0v) is 18.4. The smallest absolute Gasteiger partial charge is 0.188 e. The summed E-state index contributed by atoms with van der Waals surface area (Å²) in [6, 6.07) is 13.8. The zero-order valence-electron chi connectivity index (χ0n) is 16.0. The average molecular weight is 485 g/mol. The molecule has 0 radical (unpaired) electrons. The molecule has 3 N–H and O–H groups in total. The molecule has 0 aromatic heterocycles. The van der Waals surface area contributed by atoms with Gasteiger partial charge in [0.15, 0.2) is 17.5 Å². The van der Waals surface area contributed by atoms with Crippen LogP contribution in [-0.4, -0.2) is 39.9 Å². The number of halogens is 1. The van der Waals surface area contributed by atoms with Gasteiger partial charge in [-0.05, 0) is 43.2 Å². The van der Waals surface area contributed by atoms with Crippen LogP contribution in [0.2, 0.25) is 0 Å². The van der Waals surface area contributed by atoms with E-state index in [-0.39, 0.29) is 24.0 Å². The van der Waals surface area contributed by atoms with Crippen LogP contribution in [0, 0.1) is 6.92 Å². The highest BCUT2D eigenvalue weighted by Gasteiger charge is 2.04. The van der Waals surface area contributed by atoms with Crippen LogP contribution in [0.1, 0.15) is 11.1 Å². The molecule has 0 saturated carbocycles. The standard InChI is InChI=1S/C20H27N3O3.HI/c1-15-4-7-17(8-5-15)26-13-12-23-20(21)22-11-10-16-6-9-18(24-2)19(14-16)25-3;/h4-9,14H,10-13H2,1-3H3,(H3,21,22,23);1H. The fraction of sp³-hybridized carbons (Fsp3) is 0.350. The van der Waals surface area contributed by atoms with E-state index in [0.29, 0.717) is 31.4 Å². The number of nitrogens with one attached hydrogen (secondary N) is 1. The Bertz CT molecular complexity index is 721. The lowest BCUT2D eigenvalue weighted by molar-refractivity contribution is 0.322. The molecule has 0 aliphatic carbocycles. The van der Waals surface area contributed by atoms with Crippen molar-refractivity contribution in [3.63, 3.8) is 0 Å². The van der Waals surface area contributed by atoms with Crippen molar-refractivity contribution in [3.8, 4) is 17.2 Å². The number of nitrogens with two attached hydrogens (primary N) is 1. The average Bonchev–Trinajstić information content (AvgIpc) is 2.66. The number of hydrogen-bond acceptors (Lipinski definition) is 4. The molecule has 7 heteroatoms. The summed E-state index contributed by atoms with van der Waals surface area (Å²) in [6.07, 6.45) is 0.766. The molecule has 0 amide bonds. The predicted molar refractivity (Wildman–Crippen MR) is 120 cm³/mol. The van der Waals surface area contributed by atoms with Gasteiger partial charge in [-0.3, -0.25) is 4.99 Å². The van der Waals surface area contributed by atoms with E-state index in [1.165, 1.54) is 5.56 Å². The SMILES string of the molecule is COc1ccc(CCN=C(N)NCCOc2ccc(C)cc2)cc1OC.I. The molecular formula is C20H28IN3O3. The van der Waals surface area contributed by atoms with Crippen molar-refractivity contribution in [3.05, 3.63) is 53.6 Å². The van der Waals surface area contributed by atoms with E-state index < -0.39 is 0 Å². The van der Waals surface area contributed by atoms with E-state index in [1.807, 2.05) is 49.4 Å². The van der Waals surface area contributed by atoms with Crippen molar-refractivity contribution in [2.75, 3.05) is 33.9 Å². The fourth-order valence-electron chi connectivity index (χ4n) is 2.38. The van der Waals surface area contributed by atoms with Crippen LogP contribution in [0.3, 0.4) is 0 Å². The number of benzene rings is 2. The van der Waals surface area contributed by atoms with Crippen LogP contribution in [0.5, 0.6) is 17.2 Å². The van der Waals surface area contributed by atoms with Gasteiger partial charge in [0.2, 0.25) is 0 Å². The van der Waals surface area contributed by atoms with Gasteiger partial charge >= 0.3 is 0 Å². The molecule has 0 aliphatic heterocycles. The van der Waals surface area contributed by atoms with Gasteiger partial charge in [0.25, 0.3) is 0 Å².